The first kappa shape index (κ1) is 23.5. The van der Waals surface area contributed by atoms with Crippen molar-refractivity contribution in [2.75, 3.05) is 13.7 Å². The second-order valence-electron chi connectivity index (χ2n) is 7.21. The number of aliphatic hydroxyl groups is 1. The highest BCUT2D eigenvalue weighted by atomic mass is 127. The van der Waals surface area contributed by atoms with Gasteiger partial charge in [-0.15, -0.1) is 0 Å². The molecule has 0 aliphatic carbocycles. The predicted molar refractivity (Wildman–Crippen MR) is 131 cm³/mol. The van der Waals surface area contributed by atoms with Crippen molar-refractivity contribution in [1.82, 2.24) is 4.98 Å². The van der Waals surface area contributed by atoms with E-state index in [0.717, 1.165) is 22.4 Å². The van der Waals surface area contributed by atoms with Gasteiger partial charge in [0.1, 0.15) is 0 Å². The number of rotatable bonds is 8. The lowest BCUT2D eigenvalue weighted by molar-refractivity contribution is 0.182. The minimum absolute atomic E-state index is 0.113. The molecule has 31 heavy (non-hydrogen) atoms. The van der Waals surface area contributed by atoms with Crippen LogP contribution >= 0.6 is 22.6 Å². The number of hydrogen-bond acceptors (Lipinski definition) is 6. The third-order valence-corrected chi connectivity index (χ3v) is 5.91. The standard InChI is InChI=1S/C23H25BINO5/c1-15(14-27)18-8-9-24(29)31-21(18)7-6-17(20-5-3-4-10-26-20)11-16-12-19(25)23(28)22(13-16)30-2/h3-5,8,10-13,21,27-29H,1,6-7,9,14H2,2H3/b17-11-. The van der Waals surface area contributed by atoms with Crippen LogP contribution in [0.2, 0.25) is 6.32 Å². The third kappa shape index (κ3) is 5.97. The molecular weight excluding hydrogens is 508 g/mol. The van der Waals surface area contributed by atoms with Crippen molar-refractivity contribution < 1.29 is 24.6 Å². The molecule has 0 radical (unpaired) electrons. The van der Waals surface area contributed by atoms with Crippen LogP contribution < -0.4 is 4.74 Å². The number of halogens is 1. The summed E-state index contributed by atoms with van der Waals surface area (Å²) in [5.74, 6) is 0.517. The normalized spacial score (nSPS) is 16.8. The van der Waals surface area contributed by atoms with Crippen LogP contribution in [0.15, 0.2) is 60.3 Å². The molecule has 162 valence electrons. The molecular formula is C23H25BINO5. The van der Waals surface area contributed by atoms with Crippen molar-refractivity contribution in [3.63, 3.8) is 0 Å². The highest BCUT2D eigenvalue weighted by molar-refractivity contribution is 14.1. The molecule has 2 aromatic rings. The van der Waals surface area contributed by atoms with Gasteiger partial charge in [0.25, 0.3) is 0 Å². The van der Waals surface area contributed by atoms with Crippen LogP contribution in [0.5, 0.6) is 11.5 Å². The minimum atomic E-state index is -0.870. The zero-order chi connectivity index (χ0) is 22.4. The Hall–Kier alpha value is -2.14. The molecule has 0 saturated heterocycles. The largest absolute Gasteiger partial charge is 0.504 e. The highest BCUT2D eigenvalue weighted by Gasteiger charge is 2.28. The van der Waals surface area contributed by atoms with Crippen LogP contribution in [0.1, 0.15) is 24.1 Å². The van der Waals surface area contributed by atoms with Crippen molar-refractivity contribution >= 4 is 41.4 Å². The van der Waals surface area contributed by atoms with Crippen LogP contribution in [0.25, 0.3) is 11.6 Å². The van der Waals surface area contributed by atoms with E-state index < -0.39 is 7.12 Å². The van der Waals surface area contributed by atoms with Gasteiger partial charge in [0.05, 0.1) is 29.1 Å². The Morgan fingerprint density at radius 3 is 2.90 bits per heavy atom. The van der Waals surface area contributed by atoms with Crippen molar-refractivity contribution in [1.29, 1.82) is 0 Å². The van der Waals surface area contributed by atoms with E-state index in [1.807, 2.05) is 36.4 Å². The zero-order valence-electron chi connectivity index (χ0n) is 17.3. The van der Waals surface area contributed by atoms with E-state index in [0.29, 0.717) is 34.1 Å². The third-order valence-electron chi connectivity index (χ3n) is 5.09. The number of aliphatic hydroxyl groups excluding tert-OH is 1. The number of aromatic hydroxyl groups is 1. The van der Waals surface area contributed by atoms with Crippen molar-refractivity contribution in [2.24, 2.45) is 0 Å². The van der Waals surface area contributed by atoms with E-state index in [1.54, 1.807) is 12.3 Å². The average Bonchev–Trinajstić information content (AvgIpc) is 2.78. The number of aromatic nitrogens is 1. The lowest BCUT2D eigenvalue weighted by atomic mass is 9.78. The summed E-state index contributed by atoms with van der Waals surface area (Å²) in [6, 6.07) is 9.38. The van der Waals surface area contributed by atoms with Crippen molar-refractivity contribution in [2.45, 2.75) is 25.3 Å². The summed E-state index contributed by atoms with van der Waals surface area (Å²) < 4.78 is 11.7. The number of phenolic OH excluding ortho intramolecular Hbond substituents is 1. The van der Waals surface area contributed by atoms with Gasteiger partial charge in [0.2, 0.25) is 0 Å². The molecule has 1 unspecified atom stereocenters. The van der Waals surface area contributed by atoms with Gasteiger partial charge in [-0.3, -0.25) is 4.98 Å². The van der Waals surface area contributed by atoms with E-state index >= 15 is 0 Å². The number of methoxy groups -OCH3 is 1. The van der Waals surface area contributed by atoms with Gasteiger partial charge >= 0.3 is 7.12 Å². The molecule has 0 saturated carbocycles. The molecule has 1 aliphatic heterocycles. The summed E-state index contributed by atoms with van der Waals surface area (Å²) in [7, 11) is 0.650. The first-order chi connectivity index (χ1) is 14.9. The van der Waals surface area contributed by atoms with Crippen molar-refractivity contribution in [3.8, 4) is 11.5 Å². The molecule has 3 rings (SSSR count). The topological polar surface area (TPSA) is 92.0 Å². The first-order valence-corrected chi connectivity index (χ1v) is 11.0. The van der Waals surface area contributed by atoms with Gasteiger partial charge in [-0.25, -0.2) is 0 Å². The maximum atomic E-state index is 10.1. The molecule has 3 N–H and O–H groups in total. The number of nitrogens with zero attached hydrogens (tertiary/aromatic N) is 1. The van der Waals surface area contributed by atoms with Gasteiger partial charge in [0, 0.05) is 12.5 Å². The molecule has 0 bridgehead atoms. The molecule has 8 heteroatoms. The lowest BCUT2D eigenvalue weighted by Crippen LogP contribution is -2.32. The predicted octanol–water partition coefficient (Wildman–Crippen LogP) is 4.08. The fraction of sp³-hybridized carbons (Fsp3) is 0.261. The van der Waals surface area contributed by atoms with Crippen LogP contribution in [-0.2, 0) is 4.65 Å². The van der Waals surface area contributed by atoms with Crippen molar-refractivity contribution in [3.05, 3.63) is 75.2 Å². The van der Waals surface area contributed by atoms with E-state index in [1.165, 1.54) is 7.11 Å². The van der Waals surface area contributed by atoms with E-state index in [-0.39, 0.29) is 18.5 Å². The van der Waals surface area contributed by atoms with E-state index in [2.05, 4.69) is 34.2 Å². The number of ether oxygens (including phenoxy) is 1. The maximum Gasteiger partial charge on any atom is 0.458 e. The molecule has 0 amide bonds. The van der Waals surface area contributed by atoms with E-state index in [9.17, 15) is 15.2 Å². The fourth-order valence-electron chi connectivity index (χ4n) is 3.51. The smallest absolute Gasteiger partial charge is 0.458 e. The fourth-order valence-corrected chi connectivity index (χ4v) is 4.14. The molecule has 6 nitrogen and oxygen atoms in total. The number of hydrogen-bond donors (Lipinski definition) is 3. The summed E-state index contributed by atoms with van der Waals surface area (Å²) in [5, 5.41) is 29.6. The second kappa shape index (κ2) is 10.9. The van der Waals surface area contributed by atoms with Gasteiger partial charge in [-0.2, -0.15) is 0 Å². The molecule has 0 fully saturated rings. The number of benzene rings is 1. The Bertz CT molecular complexity index is 993. The van der Waals surface area contributed by atoms with Gasteiger partial charge in [-0.1, -0.05) is 18.7 Å². The number of allylic oxidation sites excluding steroid dienone is 2. The molecule has 0 spiro atoms. The zero-order valence-corrected chi connectivity index (χ0v) is 19.4. The molecule has 1 atom stereocenters. The summed E-state index contributed by atoms with van der Waals surface area (Å²) in [5.41, 5.74) is 4.10. The van der Waals surface area contributed by atoms with Crippen LogP contribution in [-0.4, -0.2) is 47.2 Å². The molecule has 2 heterocycles. The van der Waals surface area contributed by atoms with E-state index in [4.69, 9.17) is 9.39 Å². The van der Waals surface area contributed by atoms with Gasteiger partial charge in [0.15, 0.2) is 11.5 Å². The average molecular weight is 533 g/mol. The minimum Gasteiger partial charge on any atom is -0.504 e. The lowest BCUT2D eigenvalue weighted by Gasteiger charge is -2.28. The SMILES string of the molecule is C=C(CO)C1=CCB(O)OC1CC/C(=C/c1cc(I)c(O)c(OC)c1)c1ccccn1. The quantitative estimate of drug-likeness (QED) is 0.350. The number of phenols is 1. The molecule has 1 aromatic heterocycles. The summed E-state index contributed by atoms with van der Waals surface area (Å²) in [4.78, 5) is 4.49. The van der Waals surface area contributed by atoms with Crippen LogP contribution in [0.3, 0.4) is 0 Å². The molecule has 1 aromatic carbocycles. The second-order valence-corrected chi connectivity index (χ2v) is 8.38. The first-order valence-electron chi connectivity index (χ1n) is 9.94. The maximum absolute atomic E-state index is 10.1. The van der Waals surface area contributed by atoms with Gasteiger partial charge in [-0.05, 0) is 88.1 Å². The number of pyridine rings is 1. The summed E-state index contributed by atoms with van der Waals surface area (Å²) >= 11 is 2.07. The Labute approximate surface area is 196 Å². The Morgan fingerprint density at radius 1 is 1.42 bits per heavy atom. The highest BCUT2D eigenvalue weighted by Crippen LogP contribution is 2.35. The molecule has 1 aliphatic rings. The van der Waals surface area contributed by atoms with Gasteiger partial charge < -0.3 is 24.6 Å². The summed E-state index contributed by atoms with van der Waals surface area (Å²) in [6.45, 7) is 3.76. The Kier molecular flexibility index (Phi) is 8.31. The Balaban J connectivity index is 1.91. The monoisotopic (exact) mass is 533 g/mol. The van der Waals surface area contributed by atoms with Crippen LogP contribution in [0.4, 0.5) is 0 Å². The van der Waals surface area contributed by atoms with Crippen LogP contribution in [0, 0.1) is 3.57 Å². The summed E-state index contributed by atoms with van der Waals surface area (Å²) in [6.07, 6.45) is 6.83. The Morgan fingerprint density at radius 2 is 2.23 bits per heavy atom.